The molecule has 0 unspecified atom stereocenters. The third kappa shape index (κ3) is 2.46. The Bertz CT molecular complexity index is 653. The topological polar surface area (TPSA) is 17.1 Å². The summed E-state index contributed by atoms with van der Waals surface area (Å²) in [6, 6.07) is 13.9. The molecule has 3 rings (SSSR count). The molecule has 0 aromatic heterocycles. The first-order valence-corrected chi connectivity index (χ1v) is 6.71. The zero-order valence-electron chi connectivity index (χ0n) is 11.2. The SMILES string of the molecule is O=C(c1ccc(C(F)(F)F)cc1)C1(c2ccccc2)CC1. The number of benzene rings is 2. The standard InChI is InChI=1S/C17H13F3O/c18-17(19,20)14-8-6-12(7-9-14)15(21)16(10-11-16)13-4-2-1-3-5-13/h1-9H,10-11H2. The lowest BCUT2D eigenvalue weighted by Gasteiger charge is -2.15. The minimum absolute atomic E-state index is 0.0950. The Balaban J connectivity index is 1.90. The molecule has 0 saturated heterocycles. The largest absolute Gasteiger partial charge is 0.416 e. The van der Waals surface area contributed by atoms with Crippen molar-refractivity contribution in [3.8, 4) is 0 Å². The van der Waals surface area contributed by atoms with Gasteiger partial charge in [-0.3, -0.25) is 4.79 Å². The van der Waals surface area contributed by atoms with Crippen LogP contribution in [-0.2, 0) is 11.6 Å². The molecule has 0 amide bonds. The van der Waals surface area contributed by atoms with Crippen LogP contribution in [0, 0.1) is 0 Å². The molecule has 0 radical (unpaired) electrons. The van der Waals surface area contributed by atoms with Crippen LogP contribution >= 0.6 is 0 Å². The van der Waals surface area contributed by atoms with E-state index in [1.54, 1.807) is 0 Å². The number of hydrogen-bond donors (Lipinski definition) is 0. The highest BCUT2D eigenvalue weighted by Crippen LogP contribution is 2.50. The Hall–Kier alpha value is -2.10. The van der Waals surface area contributed by atoms with E-state index in [1.807, 2.05) is 30.3 Å². The summed E-state index contributed by atoms with van der Waals surface area (Å²) in [6.45, 7) is 0. The first-order valence-electron chi connectivity index (χ1n) is 6.71. The van der Waals surface area contributed by atoms with Crippen molar-refractivity contribution in [2.24, 2.45) is 0 Å². The maximum absolute atomic E-state index is 12.6. The molecule has 1 nitrogen and oxygen atoms in total. The number of halogens is 3. The third-order valence-corrected chi connectivity index (χ3v) is 3.99. The normalized spacial score (nSPS) is 16.5. The van der Waals surface area contributed by atoms with E-state index in [1.165, 1.54) is 12.1 Å². The number of carbonyl (C=O) groups excluding carboxylic acids is 1. The smallest absolute Gasteiger partial charge is 0.293 e. The van der Waals surface area contributed by atoms with E-state index >= 15 is 0 Å². The number of hydrogen-bond acceptors (Lipinski definition) is 1. The third-order valence-electron chi connectivity index (χ3n) is 3.99. The number of alkyl halides is 3. The number of ketones is 1. The van der Waals surface area contributed by atoms with Crippen molar-refractivity contribution in [3.05, 3.63) is 71.3 Å². The zero-order chi connectivity index (χ0) is 15.1. The van der Waals surface area contributed by atoms with Crippen molar-refractivity contribution in [1.29, 1.82) is 0 Å². The van der Waals surface area contributed by atoms with Gasteiger partial charge in [0.1, 0.15) is 0 Å². The summed E-state index contributed by atoms with van der Waals surface area (Å²) in [4.78, 5) is 12.6. The minimum Gasteiger partial charge on any atom is -0.293 e. The Kier molecular flexibility index (Phi) is 3.12. The van der Waals surface area contributed by atoms with E-state index in [-0.39, 0.29) is 5.78 Å². The van der Waals surface area contributed by atoms with Gasteiger partial charge < -0.3 is 0 Å². The molecule has 108 valence electrons. The van der Waals surface area contributed by atoms with E-state index in [4.69, 9.17) is 0 Å². The second kappa shape index (κ2) is 4.72. The Morgan fingerprint density at radius 1 is 0.905 bits per heavy atom. The number of carbonyl (C=O) groups is 1. The molecule has 4 heteroatoms. The minimum atomic E-state index is -4.38. The quantitative estimate of drug-likeness (QED) is 0.754. The highest BCUT2D eigenvalue weighted by molar-refractivity contribution is 6.06. The van der Waals surface area contributed by atoms with Gasteiger partial charge in [0, 0.05) is 5.56 Å². The fourth-order valence-corrected chi connectivity index (χ4v) is 2.62. The van der Waals surface area contributed by atoms with Crippen LogP contribution in [0.5, 0.6) is 0 Å². The molecule has 1 saturated carbocycles. The maximum atomic E-state index is 12.6. The molecule has 1 aliphatic carbocycles. The van der Waals surface area contributed by atoms with Crippen LogP contribution in [0.4, 0.5) is 13.2 Å². The summed E-state index contributed by atoms with van der Waals surface area (Å²) in [7, 11) is 0. The van der Waals surface area contributed by atoms with Crippen molar-refractivity contribution < 1.29 is 18.0 Å². The van der Waals surface area contributed by atoms with E-state index in [9.17, 15) is 18.0 Å². The average Bonchev–Trinajstić information content (AvgIpc) is 3.28. The van der Waals surface area contributed by atoms with Gasteiger partial charge in [0.2, 0.25) is 0 Å². The summed E-state index contributed by atoms with van der Waals surface area (Å²) >= 11 is 0. The second-order valence-electron chi connectivity index (χ2n) is 5.35. The molecular formula is C17H13F3O. The lowest BCUT2D eigenvalue weighted by molar-refractivity contribution is -0.137. The van der Waals surface area contributed by atoms with Crippen molar-refractivity contribution in [1.82, 2.24) is 0 Å². The van der Waals surface area contributed by atoms with E-state index in [0.717, 1.165) is 30.5 Å². The molecule has 0 spiro atoms. The van der Waals surface area contributed by atoms with E-state index in [2.05, 4.69) is 0 Å². The fraction of sp³-hybridized carbons (Fsp3) is 0.235. The van der Waals surface area contributed by atoms with Crippen LogP contribution in [0.1, 0.15) is 34.3 Å². The van der Waals surface area contributed by atoms with Crippen LogP contribution in [0.15, 0.2) is 54.6 Å². The van der Waals surface area contributed by atoms with Gasteiger partial charge >= 0.3 is 6.18 Å². The first-order chi connectivity index (χ1) is 9.93. The molecule has 0 bridgehead atoms. The summed E-state index contributed by atoms with van der Waals surface area (Å²) < 4.78 is 37.6. The number of Topliss-reactive ketones (excluding diaryl/α,β-unsaturated/α-hetero) is 1. The Morgan fingerprint density at radius 3 is 1.95 bits per heavy atom. The van der Waals surface area contributed by atoms with Crippen molar-refractivity contribution in [2.45, 2.75) is 24.4 Å². The molecule has 2 aromatic rings. The molecule has 21 heavy (non-hydrogen) atoms. The van der Waals surface area contributed by atoms with Gasteiger partial charge in [-0.15, -0.1) is 0 Å². The van der Waals surface area contributed by atoms with Gasteiger partial charge in [-0.25, -0.2) is 0 Å². The van der Waals surface area contributed by atoms with Gasteiger partial charge in [-0.2, -0.15) is 13.2 Å². The van der Waals surface area contributed by atoms with Crippen LogP contribution < -0.4 is 0 Å². The highest BCUT2D eigenvalue weighted by atomic mass is 19.4. The van der Waals surface area contributed by atoms with Crippen LogP contribution in [0.3, 0.4) is 0 Å². The summed E-state index contributed by atoms with van der Waals surface area (Å²) in [5.41, 5.74) is 0.00365. The van der Waals surface area contributed by atoms with Crippen LogP contribution in [-0.4, -0.2) is 5.78 Å². The van der Waals surface area contributed by atoms with Crippen LogP contribution in [0.2, 0.25) is 0 Å². The van der Waals surface area contributed by atoms with Gasteiger partial charge in [-0.1, -0.05) is 42.5 Å². The lowest BCUT2D eigenvalue weighted by Crippen LogP contribution is -2.20. The monoisotopic (exact) mass is 290 g/mol. The van der Waals surface area contributed by atoms with Gasteiger partial charge in [-0.05, 0) is 30.5 Å². The van der Waals surface area contributed by atoms with E-state index in [0.29, 0.717) is 5.56 Å². The van der Waals surface area contributed by atoms with Gasteiger partial charge in [0.25, 0.3) is 0 Å². The average molecular weight is 290 g/mol. The molecule has 0 heterocycles. The first kappa shape index (κ1) is 13.9. The second-order valence-corrected chi connectivity index (χ2v) is 5.35. The highest BCUT2D eigenvalue weighted by Gasteiger charge is 2.51. The summed E-state index contributed by atoms with van der Waals surface area (Å²) in [5, 5.41) is 0. The van der Waals surface area contributed by atoms with Gasteiger partial charge in [0.05, 0.1) is 11.0 Å². The maximum Gasteiger partial charge on any atom is 0.416 e. The van der Waals surface area contributed by atoms with Crippen molar-refractivity contribution in [2.75, 3.05) is 0 Å². The van der Waals surface area contributed by atoms with Crippen molar-refractivity contribution in [3.63, 3.8) is 0 Å². The summed E-state index contributed by atoms with van der Waals surface area (Å²) in [6.07, 6.45) is -2.88. The molecule has 0 aliphatic heterocycles. The molecule has 1 aliphatic rings. The van der Waals surface area contributed by atoms with Gasteiger partial charge in [0.15, 0.2) is 5.78 Å². The Morgan fingerprint density at radius 2 is 1.48 bits per heavy atom. The Labute approximate surface area is 120 Å². The molecule has 0 atom stereocenters. The predicted octanol–water partition coefficient (Wildman–Crippen LogP) is 4.62. The molecule has 0 N–H and O–H groups in total. The summed E-state index contributed by atoms with van der Waals surface area (Å²) in [5.74, 6) is -0.0950. The predicted molar refractivity (Wildman–Crippen MR) is 73.1 cm³/mol. The van der Waals surface area contributed by atoms with E-state index < -0.39 is 17.2 Å². The zero-order valence-corrected chi connectivity index (χ0v) is 11.2. The fourth-order valence-electron chi connectivity index (χ4n) is 2.62. The lowest BCUT2D eigenvalue weighted by atomic mass is 9.87. The molecule has 2 aromatic carbocycles. The van der Waals surface area contributed by atoms with Crippen molar-refractivity contribution >= 4 is 5.78 Å². The van der Waals surface area contributed by atoms with Crippen LogP contribution in [0.25, 0.3) is 0 Å². The molecular weight excluding hydrogens is 277 g/mol. The number of rotatable bonds is 3. The molecule has 1 fully saturated rings.